The minimum atomic E-state index is 0.718. The summed E-state index contributed by atoms with van der Waals surface area (Å²) in [5, 5.41) is 5.73. The molecule has 0 amide bonds. The van der Waals surface area contributed by atoms with E-state index in [1.165, 1.54) is 42.7 Å². The third-order valence-electron chi connectivity index (χ3n) is 2.91. The van der Waals surface area contributed by atoms with E-state index in [1.807, 2.05) is 11.3 Å². The minimum absolute atomic E-state index is 0.718. The van der Waals surface area contributed by atoms with Gasteiger partial charge in [-0.15, -0.1) is 11.3 Å². The van der Waals surface area contributed by atoms with Crippen molar-refractivity contribution >= 4 is 17.4 Å². The average Bonchev–Trinajstić information content (AvgIpc) is 2.71. The smallest absolute Gasteiger partial charge is 0.0269 e. The normalized spacial score (nSPS) is 23.0. The SMILES string of the molecule is C/C(=C/c1cccs1)CC1CCCCN1. The maximum absolute atomic E-state index is 3.59. The van der Waals surface area contributed by atoms with E-state index in [1.54, 1.807) is 0 Å². The van der Waals surface area contributed by atoms with Crippen molar-refractivity contribution in [1.82, 2.24) is 5.32 Å². The lowest BCUT2D eigenvalue weighted by atomic mass is 9.98. The van der Waals surface area contributed by atoms with Crippen LogP contribution >= 0.6 is 11.3 Å². The Kier molecular flexibility index (Phi) is 3.98. The molecule has 1 N–H and O–H groups in total. The Labute approximate surface area is 96.2 Å². The van der Waals surface area contributed by atoms with Crippen molar-refractivity contribution < 1.29 is 0 Å². The molecule has 0 aromatic carbocycles. The van der Waals surface area contributed by atoms with Gasteiger partial charge in [0.05, 0.1) is 0 Å². The van der Waals surface area contributed by atoms with Crippen LogP contribution in [0.2, 0.25) is 0 Å². The Hall–Kier alpha value is -0.600. The molecule has 1 fully saturated rings. The number of nitrogens with one attached hydrogen (secondary N) is 1. The molecule has 2 heteroatoms. The van der Waals surface area contributed by atoms with Gasteiger partial charge in [0.1, 0.15) is 0 Å². The second-order valence-electron chi connectivity index (χ2n) is 4.36. The van der Waals surface area contributed by atoms with Gasteiger partial charge in [-0.3, -0.25) is 0 Å². The third kappa shape index (κ3) is 3.47. The van der Waals surface area contributed by atoms with Crippen LogP contribution in [0, 0.1) is 0 Å². The quantitative estimate of drug-likeness (QED) is 0.821. The average molecular weight is 221 g/mol. The monoisotopic (exact) mass is 221 g/mol. The zero-order valence-corrected chi connectivity index (χ0v) is 10.1. The number of thiophene rings is 1. The standard InChI is InChI=1S/C13H19NS/c1-11(10-13-6-4-8-15-13)9-12-5-2-3-7-14-12/h4,6,8,10,12,14H,2-3,5,7,9H2,1H3/b11-10-. The Balaban J connectivity index is 1.88. The molecule has 2 rings (SSSR count). The zero-order valence-electron chi connectivity index (χ0n) is 9.33. The second-order valence-corrected chi connectivity index (χ2v) is 5.34. The van der Waals surface area contributed by atoms with Crippen LogP contribution in [0.3, 0.4) is 0 Å². The lowest BCUT2D eigenvalue weighted by Gasteiger charge is -2.23. The molecule has 0 spiro atoms. The molecule has 1 aromatic heterocycles. The first-order chi connectivity index (χ1) is 7.34. The van der Waals surface area contributed by atoms with Crippen LogP contribution in [-0.4, -0.2) is 12.6 Å². The number of rotatable bonds is 3. The summed E-state index contributed by atoms with van der Waals surface area (Å²) >= 11 is 1.82. The molecule has 0 bridgehead atoms. The van der Waals surface area contributed by atoms with Gasteiger partial charge in [0, 0.05) is 10.9 Å². The fourth-order valence-corrected chi connectivity index (χ4v) is 2.90. The van der Waals surface area contributed by atoms with Gasteiger partial charge in [-0.2, -0.15) is 0 Å². The molecule has 1 saturated heterocycles. The predicted molar refractivity (Wildman–Crippen MR) is 68.2 cm³/mol. The first-order valence-electron chi connectivity index (χ1n) is 5.78. The van der Waals surface area contributed by atoms with E-state index in [0.717, 1.165) is 6.04 Å². The van der Waals surface area contributed by atoms with E-state index in [2.05, 4.69) is 35.8 Å². The molecule has 1 aliphatic heterocycles. The molecule has 0 aliphatic carbocycles. The summed E-state index contributed by atoms with van der Waals surface area (Å²) in [5.41, 5.74) is 1.50. The van der Waals surface area contributed by atoms with Gasteiger partial charge in [-0.25, -0.2) is 0 Å². The molecule has 1 nitrogen and oxygen atoms in total. The Bertz CT molecular complexity index is 307. The Morgan fingerprint density at radius 1 is 1.60 bits per heavy atom. The van der Waals surface area contributed by atoms with Gasteiger partial charge >= 0.3 is 0 Å². The van der Waals surface area contributed by atoms with Crippen LogP contribution in [0.1, 0.15) is 37.5 Å². The van der Waals surface area contributed by atoms with E-state index in [-0.39, 0.29) is 0 Å². The van der Waals surface area contributed by atoms with Crippen LogP contribution in [0.4, 0.5) is 0 Å². The van der Waals surface area contributed by atoms with E-state index < -0.39 is 0 Å². The molecular weight excluding hydrogens is 202 g/mol. The maximum atomic E-state index is 3.59. The van der Waals surface area contributed by atoms with Gasteiger partial charge in [-0.05, 0) is 50.3 Å². The van der Waals surface area contributed by atoms with Crippen molar-refractivity contribution in [2.24, 2.45) is 0 Å². The first kappa shape index (κ1) is 10.9. The molecule has 1 unspecified atom stereocenters. The maximum Gasteiger partial charge on any atom is 0.0269 e. The highest BCUT2D eigenvalue weighted by molar-refractivity contribution is 7.10. The van der Waals surface area contributed by atoms with Crippen molar-refractivity contribution in [2.45, 2.75) is 38.6 Å². The summed E-state index contributed by atoms with van der Waals surface area (Å²) < 4.78 is 0. The van der Waals surface area contributed by atoms with Crippen LogP contribution < -0.4 is 5.32 Å². The molecule has 0 radical (unpaired) electrons. The zero-order chi connectivity index (χ0) is 10.5. The van der Waals surface area contributed by atoms with Crippen LogP contribution in [0.15, 0.2) is 23.1 Å². The van der Waals surface area contributed by atoms with E-state index in [9.17, 15) is 0 Å². The van der Waals surface area contributed by atoms with Gasteiger partial charge in [-0.1, -0.05) is 18.1 Å². The molecule has 82 valence electrons. The molecule has 0 saturated carbocycles. The van der Waals surface area contributed by atoms with Gasteiger partial charge in [0.25, 0.3) is 0 Å². The topological polar surface area (TPSA) is 12.0 Å². The highest BCUT2D eigenvalue weighted by Gasteiger charge is 2.12. The molecule has 1 aromatic rings. The fraction of sp³-hybridized carbons (Fsp3) is 0.538. The first-order valence-corrected chi connectivity index (χ1v) is 6.66. The molecule has 1 aliphatic rings. The molecule has 2 heterocycles. The van der Waals surface area contributed by atoms with Crippen molar-refractivity contribution in [1.29, 1.82) is 0 Å². The highest BCUT2D eigenvalue weighted by atomic mass is 32.1. The van der Waals surface area contributed by atoms with Crippen molar-refractivity contribution in [2.75, 3.05) is 6.54 Å². The van der Waals surface area contributed by atoms with Gasteiger partial charge < -0.3 is 5.32 Å². The number of hydrogen-bond acceptors (Lipinski definition) is 2. The summed E-state index contributed by atoms with van der Waals surface area (Å²) in [6.07, 6.45) is 7.61. The molecular formula is C13H19NS. The van der Waals surface area contributed by atoms with E-state index >= 15 is 0 Å². The summed E-state index contributed by atoms with van der Waals surface area (Å²) in [6.45, 7) is 3.45. The van der Waals surface area contributed by atoms with Crippen LogP contribution in [-0.2, 0) is 0 Å². The molecule has 1 atom stereocenters. The number of piperidine rings is 1. The summed E-state index contributed by atoms with van der Waals surface area (Å²) in [4.78, 5) is 1.38. The largest absolute Gasteiger partial charge is 0.314 e. The van der Waals surface area contributed by atoms with Crippen molar-refractivity contribution in [3.8, 4) is 0 Å². The van der Waals surface area contributed by atoms with Gasteiger partial charge in [0.2, 0.25) is 0 Å². The van der Waals surface area contributed by atoms with Crippen molar-refractivity contribution in [3.05, 3.63) is 28.0 Å². The summed E-state index contributed by atoms with van der Waals surface area (Å²) in [7, 11) is 0. The predicted octanol–water partition coefficient (Wildman–Crippen LogP) is 3.68. The summed E-state index contributed by atoms with van der Waals surface area (Å²) in [5.74, 6) is 0. The lowest BCUT2D eigenvalue weighted by Crippen LogP contribution is -2.33. The van der Waals surface area contributed by atoms with E-state index in [0.29, 0.717) is 0 Å². The van der Waals surface area contributed by atoms with Gasteiger partial charge in [0.15, 0.2) is 0 Å². The highest BCUT2D eigenvalue weighted by Crippen LogP contribution is 2.19. The Morgan fingerprint density at radius 3 is 3.20 bits per heavy atom. The fourth-order valence-electron chi connectivity index (χ4n) is 2.16. The van der Waals surface area contributed by atoms with Crippen LogP contribution in [0.25, 0.3) is 6.08 Å². The minimum Gasteiger partial charge on any atom is -0.314 e. The van der Waals surface area contributed by atoms with E-state index in [4.69, 9.17) is 0 Å². The lowest BCUT2D eigenvalue weighted by molar-refractivity contribution is 0.399. The van der Waals surface area contributed by atoms with Crippen LogP contribution in [0.5, 0.6) is 0 Å². The second kappa shape index (κ2) is 5.47. The summed E-state index contributed by atoms with van der Waals surface area (Å²) in [6, 6.07) is 5.01. The van der Waals surface area contributed by atoms with Crippen molar-refractivity contribution in [3.63, 3.8) is 0 Å². The molecule has 15 heavy (non-hydrogen) atoms. The third-order valence-corrected chi connectivity index (χ3v) is 3.73. The number of hydrogen-bond donors (Lipinski definition) is 1. The Morgan fingerprint density at radius 2 is 2.53 bits per heavy atom.